The fourth-order valence-corrected chi connectivity index (χ4v) is 4.58. The van der Waals surface area contributed by atoms with E-state index in [1.54, 1.807) is 0 Å². The van der Waals surface area contributed by atoms with Crippen LogP contribution in [0.5, 0.6) is 0 Å². The summed E-state index contributed by atoms with van der Waals surface area (Å²) in [4.78, 5) is 7.73. The van der Waals surface area contributed by atoms with Crippen LogP contribution in [0.15, 0.2) is 11.1 Å². The molecule has 0 amide bonds. The summed E-state index contributed by atoms with van der Waals surface area (Å²) in [5.74, 6) is 1.17. The molecule has 0 spiro atoms. The van der Waals surface area contributed by atoms with E-state index in [1.807, 2.05) is 23.1 Å². The van der Waals surface area contributed by atoms with Crippen LogP contribution >= 0.6 is 23.1 Å². The molecule has 2 nitrogen and oxygen atoms in total. The van der Waals surface area contributed by atoms with Crippen molar-refractivity contribution in [3.05, 3.63) is 21.4 Å². The van der Waals surface area contributed by atoms with Crippen LogP contribution in [0.1, 0.15) is 55.5 Å². The van der Waals surface area contributed by atoms with Gasteiger partial charge < -0.3 is 5.32 Å². The summed E-state index contributed by atoms with van der Waals surface area (Å²) in [6.45, 7) is 13.5. The molecule has 1 N–H and O–H groups in total. The standard InChI is InChI=1S/C16H26N2S2/c1-10-9-13(12(3)20-10)11(2)17-15-18-14(7-8-19-15)16(4,5)6/h9,11,14H,7-8H2,1-6H3,(H,17,18). The number of hydrogen-bond donors (Lipinski definition) is 1. The SMILES string of the molecule is Cc1cc(C(C)NC2=NC(C(C)(C)C)CCS2)c(C)s1. The first-order valence-electron chi connectivity index (χ1n) is 7.31. The summed E-state index contributed by atoms with van der Waals surface area (Å²) in [7, 11) is 0. The molecule has 2 rings (SSSR count). The highest BCUT2D eigenvalue weighted by Gasteiger charge is 2.27. The van der Waals surface area contributed by atoms with Gasteiger partial charge in [-0.25, -0.2) is 0 Å². The van der Waals surface area contributed by atoms with Crippen LogP contribution in [0, 0.1) is 19.3 Å². The number of nitrogens with one attached hydrogen (secondary N) is 1. The topological polar surface area (TPSA) is 24.4 Å². The van der Waals surface area contributed by atoms with Crippen LogP contribution in [0.4, 0.5) is 0 Å². The summed E-state index contributed by atoms with van der Waals surface area (Å²) in [6.07, 6.45) is 1.18. The van der Waals surface area contributed by atoms with E-state index >= 15 is 0 Å². The van der Waals surface area contributed by atoms with Gasteiger partial charge in [0.2, 0.25) is 0 Å². The van der Waals surface area contributed by atoms with Crippen molar-refractivity contribution in [3.63, 3.8) is 0 Å². The molecule has 1 aliphatic heterocycles. The molecule has 4 heteroatoms. The number of amidine groups is 1. The van der Waals surface area contributed by atoms with Gasteiger partial charge in [0.15, 0.2) is 5.17 Å². The van der Waals surface area contributed by atoms with E-state index in [0.717, 1.165) is 5.17 Å². The van der Waals surface area contributed by atoms with Crippen LogP contribution in [-0.2, 0) is 0 Å². The lowest BCUT2D eigenvalue weighted by Gasteiger charge is -2.31. The number of hydrogen-bond acceptors (Lipinski definition) is 4. The fraction of sp³-hybridized carbons (Fsp3) is 0.688. The third-order valence-electron chi connectivity index (χ3n) is 3.79. The Kier molecular flexibility index (Phi) is 4.85. The minimum atomic E-state index is 0.256. The van der Waals surface area contributed by atoms with Crippen molar-refractivity contribution in [2.75, 3.05) is 5.75 Å². The second-order valence-corrected chi connectivity index (χ2v) is 9.23. The summed E-state index contributed by atoms with van der Waals surface area (Å²) in [6, 6.07) is 3.07. The normalized spacial score (nSPS) is 21.5. The minimum absolute atomic E-state index is 0.256. The van der Waals surface area contributed by atoms with E-state index in [-0.39, 0.29) is 5.41 Å². The molecule has 0 saturated carbocycles. The van der Waals surface area contributed by atoms with Gasteiger partial charge in [-0.2, -0.15) is 0 Å². The van der Waals surface area contributed by atoms with Crippen molar-refractivity contribution in [1.82, 2.24) is 5.32 Å². The molecule has 112 valence electrons. The van der Waals surface area contributed by atoms with Gasteiger partial charge in [0.25, 0.3) is 0 Å². The Balaban J connectivity index is 2.09. The minimum Gasteiger partial charge on any atom is -0.358 e. The Morgan fingerprint density at radius 1 is 1.35 bits per heavy atom. The average molecular weight is 311 g/mol. The molecule has 1 aliphatic rings. The lowest BCUT2D eigenvalue weighted by molar-refractivity contribution is 0.315. The van der Waals surface area contributed by atoms with Crippen molar-refractivity contribution in [2.45, 2.75) is 60.0 Å². The largest absolute Gasteiger partial charge is 0.358 e. The number of aliphatic imine (C=N–C) groups is 1. The van der Waals surface area contributed by atoms with E-state index in [9.17, 15) is 0 Å². The predicted molar refractivity (Wildman–Crippen MR) is 93.1 cm³/mol. The zero-order valence-electron chi connectivity index (χ0n) is 13.4. The van der Waals surface area contributed by atoms with Gasteiger partial charge in [0.05, 0.1) is 12.1 Å². The number of rotatable bonds is 2. The average Bonchev–Trinajstić information content (AvgIpc) is 2.68. The van der Waals surface area contributed by atoms with Crippen LogP contribution in [0.2, 0.25) is 0 Å². The maximum absolute atomic E-state index is 4.93. The molecule has 0 radical (unpaired) electrons. The van der Waals surface area contributed by atoms with Crippen LogP contribution in [0.25, 0.3) is 0 Å². The highest BCUT2D eigenvalue weighted by molar-refractivity contribution is 8.13. The number of thiophene rings is 1. The van der Waals surface area contributed by atoms with Gasteiger partial charge in [0.1, 0.15) is 0 Å². The maximum Gasteiger partial charge on any atom is 0.157 e. The van der Waals surface area contributed by atoms with E-state index in [1.165, 1.54) is 27.5 Å². The predicted octanol–water partition coefficient (Wildman–Crippen LogP) is 4.92. The first-order valence-corrected chi connectivity index (χ1v) is 9.11. The van der Waals surface area contributed by atoms with Gasteiger partial charge in [0, 0.05) is 15.5 Å². The Bertz CT molecular complexity index is 497. The smallest absolute Gasteiger partial charge is 0.157 e. The third-order valence-corrected chi connectivity index (χ3v) is 5.71. The second kappa shape index (κ2) is 6.10. The Labute approximate surface area is 131 Å². The van der Waals surface area contributed by atoms with Crippen molar-refractivity contribution in [1.29, 1.82) is 0 Å². The van der Waals surface area contributed by atoms with E-state index in [2.05, 4.69) is 52.9 Å². The summed E-state index contributed by atoms with van der Waals surface area (Å²) >= 11 is 3.74. The van der Waals surface area contributed by atoms with Crippen LogP contribution in [0.3, 0.4) is 0 Å². The highest BCUT2D eigenvalue weighted by atomic mass is 32.2. The molecule has 2 heterocycles. The third kappa shape index (κ3) is 3.79. The lowest BCUT2D eigenvalue weighted by atomic mass is 9.85. The summed E-state index contributed by atoms with van der Waals surface area (Å²) in [5, 5.41) is 4.73. The molecule has 2 atom stereocenters. The quantitative estimate of drug-likeness (QED) is 0.838. The van der Waals surface area contributed by atoms with Crippen molar-refractivity contribution in [2.24, 2.45) is 10.4 Å². The molecule has 0 saturated heterocycles. The number of nitrogens with zero attached hydrogens (tertiary/aromatic N) is 1. The first kappa shape index (κ1) is 15.9. The Hall–Kier alpha value is -0.480. The molecule has 1 aromatic heterocycles. The Morgan fingerprint density at radius 2 is 2.05 bits per heavy atom. The molecule has 20 heavy (non-hydrogen) atoms. The van der Waals surface area contributed by atoms with E-state index in [0.29, 0.717) is 12.1 Å². The fourth-order valence-electron chi connectivity index (χ4n) is 2.56. The molecule has 0 aliphatic carbocycles. The molecule has 0 aromatic carbocycles. The Morgan fingerprint density at radius 3 is 2.60 bits per heavy atom. The van der Waals surface area contributed by atoms with E-state index in [4.69, 9.17) is 4.99 Å². The van der Waals surface area contributed by atoms with Crippen molar-refractivity contribution < 1.29 is 0 Å². The molecule has 2 unspecified atom stereocenters. The molecule has 1 aromatic rings. The highest BCUT2D eigenvalue weighted by Crippen LogP contribution is 2.32. The van der Waals surface area contributed by atoms with Gasteiger partial charge in [-0.1, -0.05) is 32.5 Å². The van der Waals surface area contributed by atoms with Gasteiger partial charge in [-0.15, -0.1) is 11.3 Å². The first-order chi connectivity index (χ1) is 9.27. The zero-order chi connectivity index (χ0) is 14.9. The van der Waals surface area contributed by atoms with E-state index < -0.39 is 0 Å². The molecule has 0 fully saturated rings. The van der Waals surface area contributed by atoms with Gasteiger partial charge >= 0.3 is 0 Å². The van der Waals surface area contributed by atoms with Crippen molar-refractivity contribution >= 4 is 28.3 Å². The molecule has 0 bridgehead atoms. The van der Waals surface area contributed by atoms with Crippen molar-refractivity contribution in [3.8, 4) is 0 Å². The van der Waals surface area contributed by atoms with Crippen LogP contribution in [-0.4, -0.2) is 17.0 Å². The maximum atomic E-state index is 4.93. The number of thioether (sulfide) groups is 1. The van der Waals surface area contributed by atoms with Gasteiger partial charge in [-0.05, 0) is 44.2 Å². The molecular formula is C16H26N2S2. The summed E-state index contributed by atoms with van der Waals surface area (Å²) < 4.78 is 0. The lowest BCUT2D eigenvalue weighted by Crippen LogP contribution is -2.34. The zero-order valence-corrected chi connectivity index (χ0v) is 15.0. The second-order valence-electron chi connectivity index (χ2n) is 6.69. The van der Waals surface area contributed by atoms with Gasteiger partial charge in [-0.3, -0.25) is 4.99 Å². The monoisotopic (exact) mass is 310 g/mol. The molecular weight excluding hydrogens is 284 g/mol. The number of aryl methyl sites for hydroxylation is 2. The summed E-state index contributed by atoms with van der Waals surface area (Å²) in [5.41, 5.74) is 1.67. The van der Waals surface area contributed by atoms with Crippen LogP contribution < -0.4 is 5.32 Å².